The van der Waals surface area contributed by atoms with Gasteiger partial charge in [-0.1, -0.05) is 24.3 Å². The highest BCUT2D eigenvalue weighted by molar-refractivity contribution is 5.93. The van der Waals surface area contributed by atoms with Gasteiger partial charge in [0.25, 0.3) is 0 Å². The second-order valence-electron chi connectivity index (χ2n) is 10.2. The van der Waals surface area contributed by atoms with Crippen LogP contribution in [-0.2, 0) is 20.5 Å². The van der Waals surface area contributed by atoms with Gasteiger partial charge in [0.05, 0.1) is 24.3 Å². The lowest BCUT2D eigenvalue weighted by atomic mass is 9.93. The van der Waals surface area contributed by atoms with Crippen molar-refractivity contribution in [2.24, 2.45) is 0 Å². The fourth-order valence-corrected chi connectivity index (χ4v) is 5.01. The molecule has 1 aromatic carbocycles. The first-order chi connectivity index (χ1) is 17.3. The largest absolute Gasteiger partial charge is 0.454 e. The Bertz CT molecular complexity index is 1430. The third-order valence-corrected chi connectivity index (χ3v) is 7.29. The fraction of sp³-hybridized carbons (Fsp3) is 0.345. The van der Waals surface area contributed by atoms with Crippen molar-refractivity contribution in [3.63, 3.8) is 0 Å². The van der Waals surface area contributed by atoms with Crippen LogP contribution in [0.4, 0.5) is 0 Å². The van der Waals surface area contributed by atoms with Crippen LogP contribution in [0.5, 0.6) is 0 Å². The smallest absolute Gasteiger partial charge is 0.233 e. The molecule has 0 atom stereocenters. The van der Waals surface area contributed by atoms with Gasteiger partial charge in [0.15, 0.2) is 5.58 Å². The Hall–Kier alpha value is -3.55. The molecular formula is C29H29N3O4. The summed E-state index contributed by atoms with van der Waals surface area (Å²) in [6.07, 6.45) is 5.24. The van der Waals surface area contributed by atoms with Gasteiger partial charge in [0, 0.05) is 42.7 Å². The number of amides is 1. The van der Waals surface area contributed by atoms with Crippen molar-refractivity contribution < 1.29 is 19.1 Å². The number of ether oxygens (including phenoxy) is 1. The molecule has 2 fully saturated rings. The van der Waals surface area contributed by atoms with E-state index in [0.717, 1.165) is 46.4 Å². The van der Waals surface area contributed by atoms with E-state index in [1.165, 1.54) is 0 Å². The van der Waals surface area contributed by atoms with E-state index in [1.807, 2.05) is 41.3 Å². The van der Waals surface area contributed by atoms with Gasteiger partial charge in [-0.25, -0.2) is 0 Å². The average molecular weight is 484 g/mol. The van der Waals surface area contributed by atoms with E-state index in [4.69, 9.17) is 9.15 Å². The molecule has 0 bridgehead atoms. The molecule has 1 N–H and O–H groups in total. The van der Waals surface area contributed by atoms with E-state index in [1.54, 1.807) is 26.2 Å². The molecule has 1 saturated carbocycles. The van der Waals surface area contributed by atoms with E-state index in [9.17, 15) is 9.90 Å². The van der Waals surface area contributed by atoms with Gasteiger partial charge in [-0.2, -0.15) is 0 Å². The molecule has 2 aliphatic rings. The van der Waals surface area contributed by atoms with Crippen molar-refractivity contribution in [3.8, 4) is 22.5 Å². The van der Waals surface area contributed by atoms with Crippen molar-refractivity contribution >= 4 is 17.0 Å². The molecule has 3 aromatic heterocycles. The van der Waals surface area contributed by atoms with Gasteiger partial charge in [-0.3, -0.25) is 14.8 Å². The lowest BCUT2D eigenvalue weighted by Gasteiger charge is -2.30. The number of fused-ring (bicyclic) bond motifs is 1. The number of hydrogen-bond donors (Lipinski definition) is 1. The second kappa shape index (κ2) is 8.54. The van der Waals surface area contributed by atoms with E-state index < -0.39 is 11.0 Å². The highest BCUT2D eigenvalue weighted by atomic mass is 16.5. The number of rotatable bonds is 5. The number of carbonyl (C=O) groups is 1. The number of aromatic nitrogens is 2. The second-order valence-corrected chi connectivity index (χ2v) is 10.2. The molecule has 0 radical (unpaired) electrons. The zero-order chi connectivity index (χ0) is 24.9. The molecule has 4 aromatic rings. The minimum absolute atomic E-state index is 0.221. The maximum Gasteiger partial charge on any atom is 0.233 e. The van der Waals surface area contributed by atoms with Gasteiger partial charge < -0.3 is 19.2 Å². The first kappa shape index (κ1) is 22.9. The van der Waals surface area contributed by atoms with Crippen LogP contribution >= 0.6 is 0 Å². The Morgan fingerprint density at radius 3 is 2.39 bits per heavy atom. The number of benzene rings is 1. The number of aliphatic hydroxyl groups is 1. The average Bonchev–Trinajstić information content (AvgIpc) is 3.60. The molecule has 184 valence electrons. The summed E-state index contributed by atoms with van der Waals surface area (Å²) in [7, 11) is 0. The van der Waals surface area contributed by atoms with Crippen LogP contribution in [-0.4, -0.2) is 52.2 Å². The van der Waals surface area contributed by atoms with E-state index in [0.29, 0.717) is 37.6 Å². The topological polar surface area (TPSA) is 88.7 Å². The Balaban J connectivity index is 1.30. The van der Waals surface area contributed by atoms with Gasteiger partial charge in [-0.15, -0.1) is 0 Å². The maximum atomic E-state index is 13.2. The molecule has 7 heteroatoms. The van der Waals surface area contributed by atoms with E-state index >= 15 is 0 Å². The molecule has 6 rings (SSSR count). The third kappa shape index (κ3) is 3.98. The zero-order valence-corrected chi connectivity index (χ0v) is 20.5. The normalized spacial score (nSPS) is 17.4. The van der Waals surface area contributed by atoms with Crippen LogP contribution < -0.4 is 0 Å². The summed E-state index contributed by atoms with van der Waals surface area (Å²) in [5, 5.41) is 10.4. The predicted molar refractivity (Wildman–Crippen MR) is 136 cm³/mol. The Morgan fingerprint density at radius 2 is 1.69 bits per heavy atom. The number of pyridine rings is 2. The SMILES string of the molecule is CC(C)(O)c1cc(-c2ccnc3cc(-c4ccc(C5(C(=O)N6CCOCC6)CC5)cc4)oc23)ccn1. The van der Waals surface area contributed by atoms with Crippen LogP contribution in [0.2, 0.25) is 0 Å². The number of carbonyl (C=O) groups excluding carboxylic acids is 1. The molecule has 4 heterocycles. The first-order valence-electron chi connectivity index (χ1n) is 12.4. The summed E-state index contributed by atoms with van der Waals surface area (Å²) in [6, 6.07) is 15.8. The Labute approximate surface area is 209 Å². The van der Waals surface area contributed by atoms with Gasteiger partial charge in [0.1, 0.15) is 16.9 Å². The van der Waals surface area contributed by atoms with Crippen molar-refractivity contribution in [3.05, 3.63) is 72.2 Å². The predicted octanol–water partition coefficient (Wildman–Crippen LogP) is 4.67. The van der Waals surface area contributed by atoms with Crippen molar-refractivity contribution in [2.45, 2.75) is 37.7 Å². The van der Waals surface area contributed by atoms with Crippen molar-refractivity contribution in [2.75, 3.05) is 26.3 Å². The molecule has 0 spiro atoms. The van der Waals surface area contributed by atoms with Gasteiger partial charge in [0.2, 0.25) is 5.91 Å². The highest BCUT2D eigenvalue weighted by Gasteiger charge is 2.53. The maximum absolute atomic E-state index is 13.2. The summed E-state index contributed by atoms with van der Waals surface area (Å²) >= 11 is 0. The molecule has 1 saturated heterocycles. The number of furan rings is 1. The first-order valence-corrected chi connectivity index (χ1v) is 12.4. The fourth-order valence-electron chi connectivity index (χ4n) is 5.01. The van der Waals surface area contributed by atoms with Crippen LogP contribution in [0.15, 0.2) is 65.3 Å². The van der Waals surface area contributed by atoms with Gasteiger partial charge >= 0.3 is 0 Å². The minimum Gasteiger partial charge on any atom is -0.454 e. The summed E-state index contributed by atoms with van der Waals surface area (Å²) in [5.41, 5.74) is 4.40. The molecule has 1 aliphatic carbocycles. The Kier molecular flexibility index (Phi) is 5.43. The number of nitrogens with zero attached hydrogens (tertiary/aromatic N) is 3. The minimum atomic E-state index is -1.04. The van der Waals surface area contributed by atoms with Crippen LogP contribution in [0.3, 0.4) is 0 Å². The standard InChI is InChI=1S/C29H29N3O4/c1-28(2,34)25-17-20(7-11-31-25)22-8-12-30-23-18-24(36-26(22)23)19-3-5-21(6-4-19)29(9-10-29)27(33)32-13-15-35-16-14-32/h3-8,11-12,17-18,34H,9-10,13-16H2,1-2H3. The molecule has 0 unspecified atom stereocenters. The summed E-state index contributed by atoms with van der Waals surface area (Å²) in [6.45, 7) is 6.00. The lowest BCUT2D eigenvalue weighted by Crippen LogP contribution is -2.45. The number of morpholine rings is 1. The quantitative estimate of drug-likeness (QED) is 0.444. The summed E-state index contributed by atoms with van der Waals surface area (Å²) in [5.74, 6) is 0.941. The van der Waals surface area contributed by atoms with E-state index in [-0.39, 0.29) is 5.91 Å². The molecule has 7 nitrogen and oxygen atoms in total. The zero-order valence-electron chi connectivity index (χ0n) is 20.5. The van der Waals surface area contributed by atoms with Crippen molar-refractivity contribution in [1.29, 1.82) is 0 Å². The summed E-state index contributed by atoms with van der Waals surface area (Å²) in [4.78, 5) is 24.0. The molecule has 1 amide bonds. The molecule has 36 heavy (non-hydrogen) atoms. The highest BCUT2D eigenvalue weighted by Crippen LogP contribution is 2.50. The monoisotopic (exact) mass is 483 g/mol. The van der Waals surface area contributed by atoms with Crippen LogP contribution in [0.25, 0.3) is 33.6 Å². The Morgan fingerprint density at radius 1 is 0.972 bits per heavy atom. The van der Waals surface area contributed by atoms with E-state index in [2.05, 4.69) is 22.1 Å². The van der Waals surface area contributed by atoms with Crippen molar-refractivity contribution in [1.82, 2.24) is 14.9 Å². The third-order valence-electron chi connectivity index (χ3n) is 7.29. The summed E-state index contributed by atoms with van der Waals surface area (Å²) < 4.78 is 11.7. The van der Waals surface area contributed by atoms with Crippen LogP contribution in [0, 0.1) is 0 Å². The van der Waals surface area contributed by atoms with Crippen LogP contribution in [0.1, 0.15) is 37.9 Å². The molecule has 1 aliphatic heterocycles. The number of hydrogen-bond acceptors (Lipinski definition) is 6. The molecular weight excluding hydrogens is 454 g/mol. The lowest BCUT2D eigenvalue weighted by molar-refractivity contribution is -0.138. The van der Waals surface area contributed by atoms with Gasteiger partial charge in [-0.05, 0) is 56.0 Å².